The van der Waals surface area contributed by atoms with Gasteiger partial charge < -0.3 is 5.73 Å². The van der Waals surface area contributed by atoms with Crippen molar-refractivity contribution in [1.82, 2.24) is 19.6 Å². The van der Waals surface area contributed by atoms with E-state index in [0.29, 0.717) is 11.3 Å². The number of nitrogens with two attached hydrogens (primary N) is 1. The molecule has 0 saturated carbocycles. The van der Waals surface area contributed by atoms with Gasteiger partial charge in [-0.2, -0.15) is 4.98 Å². The highest BCUT2D eigenvalue weighted by molar-refractivity contribution is 7.92. The molecule has 30 heavy (non-hydrogen) atoms. The summed E-state index contributed by atoms with van der Waals surface area (Å²) in [4.78, 5) is 8.45. The minimum Gasteiger partial charge on any atom is -0.366 e. The van der Waals surface area contributed by atoms with E-state index in [1.165, 1.54) is 6.20 Å². The van der Waals surface area contributed by atoms with Gasteiger partial charge in [-0.25, -0.2) is 12.9 Å². The summed E-state index contributed by atoms with van der Waals surface area (Å²) in [5.74, 6) is 0.183. The van der Waals surface area contributed by atoms with Gasteiger partial charge in [0.15, 0.2) is 5.65 Å². The van der Waals surface area contributed by atoms with Gasteiger partial charge >= 0.3 is 0 Å². The second-order valence-corrected chi connectivity index (χ2v) is 8.45. The molecule has 3 heterocycles. The molecule has 0 unspecified atom stereocenters. The summed E-state index contributed by atoms with van der Waals surface area (Å²) in [5.41, 5.74) is 8.14. The highest BCUT2D eigenvalue weighted by Crippen LogP contribution is 2.25. The topological polar surface area (TPSA) is 115 Å². The first-order valence-electron chi connectivity index (χ1n) is 9.07. The number of aromatic nitrogens is 4. The van der Waals surface area contributed by atoms with Gasteiger partial charge in [-0.15, -0.1) is 5.10 Å². The lowest BCUT2D eigenvalue weighted by atomic mass is 10.1. The van der Waals surface area contributed by atoms with Crippen LogP contribution in [0.5, 0.6) is 0 Å². The van der Waals surface area contributed by atoms with Crippen LogP contribution in [0.2, 0.25) is 0 Å². The first-order valence-corrected chi connectivity index (χ1v) is 10.6. The van der Waals surface area contributed by atoms with Crippen LogP contribution in [0.15, 0.2) is 84.1 Å². The Balaban J connectivity index is 1.48. The van der Waals surface area contributed by atoms with Gasteiger partial charge in [0.2, 0.25) is 5.95 Å². The van der Waals surface area contributed by atoms with Crippen LogP contribution in [0.4, 0.5) is 11.6 Å². The third-order valence-corrected chi connectivity index (χ3v) is 6.08. The van der Waals surface area contributed by atoms with Crippen LogP contribution >= 0.6 is 0 Å². The predicted molar refractivity (Wildman–Crippen MR) is 115 cm³/mol. The molecule has 5 rings (SSSR count). The van der Waals surface area contributed by atoms with Crippen molar-refractivity contribution in [2.45, 2.75) is 4.90 Å². The lowest BCUT2D eigenvalue weighted by Crippen LogP contribution is -2.13. The Hall–Kier alpha value is -3.98. The van der Waals surface area contributed by atoms with E-state index in [-0.39, 0.29) is 10.8 Å². The molecule has 0 amide bonds. The van der Waals surface area contributed by atoms with E-state index < -0.39 is 10.0 Å². The Morgan fingerprint density at radius 3 is 2.60 bits per heavy atom. The van der Waals surface area contributed by atoms with Crippen LogP contribution in [0.25, 0.3) is 27.5 Å². The van der Waals surface area contributed by atoms with E-state index in [4.69, 9.17) is 5.73 Å². The van der Waals surface area contributed by atoms with Crippen molar-refractivity contribution in [2.24, 2.45) is 0 Å². The van der Waals surface area contributed by atoms with Crippen molar-refractivity contribution in [1.29, 1.82) is 0 Å². The molecule has 0 bridgehead atoms. The van der Waals surface area contributed by atoms with Gasteiger partial charge in [-0.3, -0.25) is 9.71 Å². The lowest BCUT2D eigenvalue weighted by molar-refractivity contribution is 0.601. The molecule has 0 atom stereocenters. The molecule has 0 saturated heterocycles. The number of nitrogens with zero attached hydrogens (tertiary/aromatic N) is 4. The van der Waals surface area contributed by atoms with E-state index >= 15 is 0 Å². The van der Waals surface area contributed by atoms with Crippen molar-refractivity contribution in [3.8, 4) is 11.1 Å². The van der Waals surface area contributed by atoms with Crippen LogP contribution in [0.3, 0.4) is 0 Å². The SMILES string of the molecule is Nc1nc2ccc(-c3cncc(NS(=O)(=O)c4ccc5ccccc5c4)c3)cn2n1. The molecule has 2 aromatic carbocycles. The second kappa shape index (κ2) is 6.82. The quantitative estimate of drug-likeness (QED) is 0.464. The summed E-state index contributed by atoms with van der Waals surface area (Å²) < 4.78 is 30.0. The fraction of sp³-hybridized carbons (Fsp3) is 0. The molecule has 9 heteroatoms. The van der Waals surface area contributed by atoms with Gasteiger partial charge in [0.25, 0.3) is 10.0 Å². The summed E-state index contributed by atoms with van der Waals surface area (Å²) in [6.07, 6.45) is 4.88. The number of nitrogen functional groups attached to an aromatic ring is 1. The number of sulfonamides is 1. The number of benzene rings is 2. The molecule has 148 valence electrons. The van der Waals surface area contributed by atoms with E-state index in [0.717, 1.165) is 21.9 Å². The predicted octanol–water partition coefficient (Wildman–Crippen LogP) is 3.33. The summed E-state index contributed by atoms with van der Waals surface area (Å²) in [7, 11) is -3.77. The molecule has 0 aliphatic rings. The first-order chi connectivity index (χ1) is 14.5. The minimum absolute atomic E-state index is 0.183. The number of nitrogens with one attached hydrogen (secondary N) is 1. The van der Waals surface area contributed by atoms with Gasteiger partial charge in [0.1, 0.15) is 0 Å². The van der Waals surface area contributed by atoms with Crippen molar-refractivity contribution < 1.29 is 8.42 Å². The largest absolute Gasteiger partial charge is 0.366 e. The zero-order valence-corrected chi connectivity index (χ0v) is 16.4. The number of hydrogen-bond acceptors (Lipinski definition) is 6. The maximum Gasteiger partial charge on any atom is 0.261 e. The molecule has 0 spiro atoms. The Morgan fingerprint density at radius 1 is 0.900 bits per heavy atom. The first kappa shape index (κ1) is 18.1. The average Bonchev–Trinajstić information content (AvgIpc) is 3.12. The van der Waals surface area contributed by atoms with Crippen LogP contribution < -0.4 is 10.5 Å². The summed E-state index contributed by atoms with van der Waals surface area (Å²) in [5, 5.41) is 5.93. The molecule has 0 aliphatic carbocycles. The van der Waals surface area contributed by atoms with Crippen LogP contribution in [0, 0.1) is 0 Å². The molecule has 0 fully saturated rings. The van der Waals surface area contributed by atoms with Crippen LogP contribution in [-0.2, 0) is 10.0 Å². The van der Waals surface area contributed by atoms with Crippen molar-refractivity contribution in [2.75, 3.05) is 10.5 Å². The Labute approximate surface area is 172 Å². The molecule has 0 radical (unpaired) electrons. The van der Waals surface area contributed by atoms with Gasteiger partial charge in [-0.1, -0.05) is 30.3 Å². The Bertz CT molecular complexity index is 1510. The van der Waals surface area contributed by atoms with Crippen molar-refractivity contribution >= 4 is 38.1 Å². The van der Waals surface area contributed by atoms with Gasteiger partial charge in [-0.05, 0) is 41.1 Å². The fourth-order valence-electron chi connectivity index (χ4n) is 3.27. The van der Waals surface area contributed by atoms with Crippen LogP contribution in [0.1, 0.15) is 0 Å². The van der Waals surface area contributed by atoms with E-state index in [9.17, 15) is 8.42 Å². The summed E-state index contributed by atoms with van der Waals surface area (Å²) >= 11 is 0. The lowest BCUT2D eigenvalue weighted by Gasteiger charge is -2.10. The van der Waals surface area contributed by atoms with E-state index in [1.807, 2.05) is 30.3 Å². The number of anilines is 2. The number of fused-ring (bicyclic) bond motifs is 2. The monoisotopic (exact) mass is 416 g/mol. The number of hydrogen-bond donors (Lipinski definition) is 2. The number of rotatable bonds is 4. The molecular weight excluding hydrogens is 400 g/mol. The summed E-state index contributed by atoms with van der Waals surface area (Å²) in [6, 6.07) is 18.0. The Morgan fingerprint density at radius 2 is 1.73 bits per heavy atom. The Kier molecular flexibility index (Phi) is 4.11. The highest BCUT2D eigenvalue weighted by atomic mass is 32.2. The molecule has 5 aromatic rings. The zero-order valence-electron chi connectivity index (χ0n) is 15.6. The maximum absolute atomic E-state index is 12.9. The van der Waals surface area contributed by atoms with E-state index in [1.54, 1.807) is 47.2 Å². The van der Waals surface area contributed by atoms with Crippen molar-refractivity contribution in [3.63, 3.8) is 0 Å². The maximum atomic E-state index is 12.9. The molecule has 3 aromatic heterocycles. The second-order valence-electron chi connectivity index (χ2n) is 6.77. The average molecular weight is 416 g/mol. The number of pyridine rings is 2. The van der Waals surface area contributed by atoms with Gasteiger partial charge in [0.05, 0.1) is 16.8 Å². The zero-order chi connectivity index (χ0) is 20.7. The van der Waals surface area contributed by atoms with Crippen LogP contribution in [-0.4, -0.2) is 28.0 Å². The van der Waals surface area contributed by atoms with E-state index in [2.05, 4.69) is 19.8 Å². The minimum atomic E-state index is -3.77. The fourth-order valence-corrected chi connectivity index (χ4v) is 4.34. The molecular formula is C21H16N6O2S. The highest BCUT2D eigenvalue weighted by Gasteiger charge is 2.15. The van der Waals surface area contributed by atoms with Gasteiger partial charge in [0, 0.05) is 23.5 Å². The third-order valence-electron chi connectivity index (χ3n) is 4.70. The molecule has 3 N–H and O–H groups in total. The third kappa shape index (κ3) is 3.31. The van der Waals surface area contributed by atoms with Crippen molar-refractivity contribution in [3.05, 3.63) is 79.3 Å². The molecule has 0 aliphatic heterocycles. The normalized spacial score (nSPS) is 11.7. The molecule has 8 nitrogen and oxygen atoms in total. The summed E-state index contributed by atoms with van der Waals surface area (Å²) in [6.45, 7) is 0. The standard InChI is InChI=1S/C21H16N6O2S/c22-21-24-20-8-6-16(13-27(20)25-21)17-9-18(12-23-11-17)26-30(28,29)19-7-5-14-3-1-2-4-15(14)10-19/h1-13,26H,(H2,22,25). The smallest absolute Gasteiger partial charge is 0.261 e.